The minimum atomic E-state index is -3.88. The van der Waals surface area contributed by atoms with Gasteiger partial charge in [-0.1, -0.05) is 6.07 Å². The maximum Gasteiger partial charge on any atom is 0.410 e. The molecular formula is C16H25N2O5P. The number of amides is 1. The Labute approximate surface area is 142 Å². The smallest absolute Gasteiger partial charge is 0.410 e. The molecule has 2 heterocycles. The van der Waals surface area contributed by atoms with Gasteiger partial charge in [0, 0.05) is 30.9 Å². The molecule has 1 aromatic rings. The molecule has 8 heteroatoms. The van der Waals surface area contributed by atoms with Crippen molar-refractivity contribution >= 4 is 13.7 Å². The molecule has 0 radical (unpaired) electrons. The number of hydrogen-bond donors (Lipinski definition) is 1. The number of pyridine rings is 1. The van der Waals surface area contributed by atoms with E-state index in [9.17, 15) is 14.3 Å². The molecule has 1 aliphatic heterocycles. The van der Waals surface area contributed by atoms with Crippen molar-refractivity contribution in [3.05, 3.63) is 30.1 Å². The second kappa shape index (κ2) is 7.21. The molecule has 134 valence electrons. The Morgan fingerprint density at radius 3 is 2.67 bits per heavy atom. The van der Waals surface area contributed by atoms with Gasteiger partial charge in [0.05, 0.1) is 12.3 Å². The Kier molecular flexibility index (Phi) is 5.68. The molecule has 3 unspecified atom stereocenters. The van der Waals surface area contributed by atoms with Crippen molar-refractivity contribution in [3.8, 4) is 0 Å². The van der Waals surface area contributed by atoms with Crippen molar-refractivity contribution in [2.24, 2.45) is 0 Å². The Hall–Kier alpha value is -1.43. The van der Waals surface area contributed by atoms with E-state index >= 15 is 0 Å². The molecule has 7 nitrogen and oxygen atoms in total. The van der Waals surface area contributed by atoms with Gasteiger partial charge >= 0.3 is 13.7 Å². The van der Waals surface area contributed by atoms with Crippen LogP contribution in [0.4, 0.5) is 4.79 Å². The highest BCUT2D eigenvalue weighted by Crippen LogP contribution is 2.55. The summed E-state index contributed by atoms with van der Waals surface area (Å²) in [6.45, 7) is 7.52. The first-order chi connectivity index (χ1) is 11.1. The lowest BCUT2D eigenvalue weighted by molar-refractivity contribution is 0.0292. The molecule has 24 heavy (non-hydrogen) atoms. The van der Waals surface area contributed by atoms with Gasteiger partial charge in [0.2, 0.25) is 0 Å². The van der Waals surface area contributed by atoms with E-state index in [1.165, 1.54) is 4.90 Å². The number of carbonyl (C=O) groups excluding carboxylic acids is 1. The maximum absolute atomic E-state index is 12.6. The second-order valence-electron chi connectivity index (χ2n) is 6.80. The lowest BCUT2D eigenvalue weighted by atomic mass is 10.0. The predicted molar refractivity (Wildman–Crippen MR) is 90.0 cm³/mol. The quantitative estimate of drug-likeness (QED) is 0.834. The maximum atomic E-state index is 12.6. The highest BCUT2D eigenvalue weighted by atomic mass is 31.2. The molecule has 1 amide bonds. The predicted octanol–water partition coefficient (Wildman–Crippen LogP) is 3.01. The summed E-state index contributed by atoms with van der Waals surface area (Å²) in [4.78, 5) is 28.4. The van der Waals surface area contributed by atoms with E-state index in [0.29, 0.717) is 5.69 Å². The van der Waals surface area contributed by atoms with Gasteiger partial charge in [-0.25, -0.2) is 4.79 Å². The summed E-state index contributed by atoms with van der Waals surface area (Å²) in [5, 5.41) is 0. The van der Waals surface area contributed by atoms with Gasteiger partial charge in [-0.3, -0.25) is 9.55 Å². The van der Waals surface area contributed by atoms with E-state index in [1.54, 1.807) is 46.0 Å². The van der Waals surface area contributed by atoms with Crippen molar-refractivity contribution in [2.75, 3.05) is 19.7 Å². The molecule has 1 aliphatic rings. The topological polar surface area (TPSA) is 89.0 Å². The van der Waals surface area contributed by atoms with Crippen LogP contribution in [0.15, 0.2) is 24.4 Å². The Morgan fingerprint density at radius 2 is 2.12 bits per heavy atom. The SMILES string of the molecule is CCOP(=O)(O)C1CN(C(=O)OC(C)(C)C)CC1c1ccccn1. The van der Waals surface area contributed by atoms with Crippen LogP contribution in [0.1, 0.15) is 39.3 Å². The fourth-order valence-electron chi connectivity index (χ4n) is 2.76. The van der Waals surface area contributed by atoms with Crippen LogP contribution in [0.5, 0.6) is 0 Å². The van der Waals surface area contributed by atoms with Crippen LogP contribution in [-0.4, -0.2) is 51.8 Å². The van der Waals surface area contributed by atoms with Crippen LogP contribution in [0, 0.1) is 0 Å². The third-order valence-electron chi connectivity index (χ3n) is 3.74. The van der Waals surface area contributed by atoms with Gasteiger partial charge in [-0.05, 0) is 39.8 Å². The molecule has 2 rings (SSSR count). The molecule has 0 bridgehead atoms. The van der Waals surface area contributed by atoms with Gasteiger partial charge in [0.15, 0.2) is 0 Å². The van der Waals surface area contributed by atoms with E-state index in [-0.39, 0.29) is 25.6 Å². The Bertz CT molecular complexity index is 617. The molecule has 1 N–H and O–H groups in total. The Morgan fingerprint density at radius 1 is 1.42 bits per heavy atom. The van der Waals surface area contributed by atoms with Gasteiger partial charge in [-0.15, -0.1) is 0 Å². The first-order valence-corrected chi connectivity index (χ1v) is 9.64. The zero-order valence-electron chi connectivity index (χ0n) is 14.5. The molecule has 1 aromatic heterocycles. The van der Waals surface area contributed by atoms with Crippen molar-refractivity contribution in [1.29, 1.82) is 0 Å². The molecule has 0 aromatic carbocycles. The van der Waals surface area contributed by atoms with Crippen molar-refractivity contribution in [1.82, 2.24) is 9.88 Å². The van der Waals surface area contributed by atoms with Crippen LogP contribution >= 0.6 is 7.60 Å². The lowest BCUT2D eigenvalue weighted by Gasteiger charge is -2.24. The first kappa shape index (κ1) is 18.9. The zero-order chi connectivity index (χ0) is 18.0. The van der Waals surface area contributed by atoms with Crippen LogP contribution in [0.2, 0.25) is 0 Å². The van der Waals surface area contributed by atoms with Crippen LogP contribution in [0.3, 0.4) is 0 Å². The van der Waals surface area contributed by atoms with Gasteiger partial charge < -0.3 is 19.1 Å². The highest BCUT2D eigenvalue weighted by molar-refractivity contribution is 7.53. The van der Waals surface area contributed by atoms with E-state index in [2.05, 4.69) is 4.98 Å². The molecule has 0 aliphatic carbocycles. The molecule has 0 saturated carbocycles. The molecule has 3 atom stereocenters. The fourth-order valence-corrected chi connectivity index (χ4v) is 4.43. The normalized spacial score (nSPS) is 23.8. The summed E-state index contributed by atoms with van der Waals surface area (Å²) in [7, 11) is -3.88. The number of rotatable bonds is 4. The minimum Gasteiger partial charge on any atom is -0.444 e. The summed E-state index contributed by atoms with van der Waals surface area (Å²) in [5.41, 5.74) is -0.680. The number of hydrogen-bond acceptors (Lipinski definition) is 5. The highest BCUT2D eigenvalue weighted by Gasteiger charge is 2.48. The van der Waals surface area contributed by atoms with Crippen LogP contribution < -0.4 is 0 Å². The largest absolute Gasteiger partial charge is 0.444 e. The second-order valence-corrected chi connectivity index (χ2v) is 8.85. The number of carbonyl (C=O) groups is 1. The number of likely N-dealkylation sites (tertiary alicyclic amines) is 1. The van der Waals surface area contributed by atoms with Crippen LogP contribution in [-0.2, 0) is 13.8 Å². The van der Waals surface area contributed by atoms with Gasteiger partial charge in [0.1, 0.15) is 5.60 Å². The third-order valence-corrected chi connectivity index (χ3v) is 5.73. The summed E-state index contributed by atoms with van der Waals surface area (Å²) >= 11 is 0. The van der Waals surface area contributed by atoms with Crippen molar-refractivity contribution in [2.45, 2.75) is 44.9 Å². The monoisotopic (exact) mass is 356 g/mol. The van der Waals surface area contributed by atoms with Gasteiger partial charge in [0.25, 0.3) is 0 Å². The summed E-state index contributed by atoms with van der Waals surface area (Å²) in [6, 6.07) is 5.39. The number of aromatic nitrogens is 1. The number of nitrogens with zero attached hydrogens (tertiary/aromatic N) is 2. The average Bonchev–Trinajstić information content (AvgIpc) is 2.92. The van der Waals surface area contributed by atoms with Crippen molar-refractivity contribution in [3.63, 3.8) is 0 Å². The molecular weight excluding hydrogens is 331 g/mol. The van der Waals surface area contributed by atoms with Gasteiger partial charge in [-0.2, -0.15) is 0 Å². The van der Waals surface area contributed by atoms with Crippen molar-refractivity contribution < 1.29 is 23.5 Å². The summed E-state index contributed by atoms with van der Waals surface area (Å²) in [6.07, 6.45) is 1.13. The molecule has 1 fully saturated rings. The zero-order valence-corrected chi connectivity index (χ0v) is 15.4. The van der Waals surface area contributed by atoms with Crippen LogP contribution in [0.25, 0.3) is 0 Å². The minimum absolute atomic E-state index is 0.101. The Balaban J connectivity index is 2.26. The summed E-state index contributed by atoms with van der Waals surface area (Å²) in [5.74, 6) is -0.374. The number of ether oxygens (including phenoxy) is 1. The third kappa shape index (κ3) is 4.56. The average molecular weight is 356 g/mol. The first-order valence-electron chi connectivity index (χ1n) is 8.00. The van der Waals surface area contributed by atoms with E-state index in [1.807, 2.05) is 6.07 Å². The fraction of sp³-hybridized carbons (Fsp3) is 0.625. The standard InChI is InChI=1S/C16H25N2O5P/c1-5-22-24(20,21)14-11-18(15(19)23-16(2,3)4)10-12(14)13-8-6-7-9-17-13/h6-9,12,14H,5,10-11H2,1-4H3,(H,20,21). The summed E-state index contributed by atoms with van der Waals surface area (Å²) < 4.78 is 23.1. The molecule has 0 spiro atoms. The van der Waals surface area contributed by atoms with E-state index < -0.39 is 24.9 Å². The lowest BCUT2D eigenvalue weighted by Crippen LogP contribution is -2.35. The van der Waals surface area contributed by atoms with E-state index in [0.717, 1.165) is 0 Å². The van der Waals surface area contributed by atoms with E-state index in [4.69, 9.17) is 9.26 Å². The molecule has 1 saturated heterocycles.